The van der Waals surface area contributed by atoms with Crippen molar-refractivity contribution in [2.45, 2.75) is 39.7 Å². The van der Waals surface area contributed by atoms with Crippen molar-refractivity contribution in [1.82, 2.24) is 4.90 Å². The number of benzene rings is 1. The van der Waals surface area contributed by atoms with Crippen LogP contribution in [0.3, 0.4) is 0 Å². The quantitative estimate of drug-likeness (QED) is 0.828. The molecule has 3 heteroatoms. The summed E-state index contributed by atoms with van der Waals surface area (Å²) < 4.78 is 0. The first-order valence-electron chi connectivity index (χ1n) is 6.59. The number of likely N-dealkylation sites (tertiary alicyclic amines) is 1. The van der Waals surface area contributed by atoms with Crippen LogP contribution >= 0.6 is 0 Å². The van der Waals surface area contributed by atoms with Gasteiger partial charge in [-0.25, -0.2) is 0 Å². The molecule has 3 nitrogen and oxygen atoms in total. The number of phenolic OH excluding ortho intramolecular Hbond substituents is 1. The van der Waals surface area contributed by atoms with Gasteiger partial charge < -0.3 is 10.0 Å². The minimum atomic E-state index is -0.0457. The first-order valence-corrected chi connectivity index (χ1v) is 6.59. The van der Waals surface area contributed by atoms with Gasteiger partial charge in [-0.1, -0.05) is 18.6 Å². The Hall–Kier alpha value is -1.51. The second kappa shape index (κ2) is 5.01. The van der Waals surface area contributed by atoms with Gasteiger partial charge in [0.1, 0.15) is 5.75 Å². The summed E-state index contributed by atoms with van der Waals surface area (Å²) >= 11 is 0. The molecule has 1 saturated heterocycles. The molecule has 0 spiro atoms. The number of piperidine rings is 1. The molecule has 18 heavy (non-hydrogen) atoms. The number of hydrogen-bond acceptors (Lipinski definition) is 2. The van der Waals surface area contributed by atoms with Gasteiger partial charge in [0, 0.05) is 12.6 Å². The molecule has 0 radical (unpaired) electrons. The van der Waals surface area contributed by atoms with Crippen LogP contribution in [-0.2, 0) is 0 Å². The lowest BCUT2D eigenvalue weighted by molar-refractivity contribution is 0.0585. The zero-order valence-electron chi connectivity index (χ0n) is 11.3. The van der Waals surface area contributed by atoms with Gasteiger partial charge in [0.05, 0.1) is 5.56 Å². The third-order valence-corrected chi connectivity index (χ3v) is 3.78. The Balaban J connectivity index is 2.23. The van der Waals surface area contributed by atoms with Crippen LogP contribution in [0, 0.1) is 12.8 Å². The van der Waals surface area contributed by atoms with E-state index >= 15 is 0 Å². The molecule has 1 amide bonds. The lowest BCUT2D eigenvalue weighted by atomic mass is 9.92. The van der Waals surface area contributed by atoms with E-state index < -0.39 is 0 Å². The molecule has 98 valence electrons. The summed E-state index contributed by atoms with van der Waals surface area (Å²) in [5, 5.41) is 9.83. The number of phenols is 1. The number of carbonyl (C=O) groups excluding carboxylic acids is 1. The average molecular weight is 247 g/mol. The molecule has 2 rings (SSSR count). The van der Waals surface area contributed by atoms with E-state index in [9.17, 15) is 9.90 Å². The van der Waals surface area contributed by atoms with Crippen molar-refractivity contribution in [2.24, 2.45) is 5.92 Å². The molecule has 2 unspecified atom stereocenters. The largest absolute Gasteiger partial charge is 0.507 e. The summed E-state index contributed by atoms with van der Waals surface area (Å²) in [6.45, 7) is 7.02. The van der Waals surface area contributed by atoms with Gasteiger partial charge in [0.15, 0.2) is 0 Å². The molecule has 0 bridgehead atoms. The summed E-state index contributed by atoms with van der Waals surface area (Å²) in [7, 11) is 0. The van der Waals surface area contributed by atoms with Gasteiger partial charge in [0.25, 0.3) is 5.91 Å². The van der Waals surface area contributed by atoms with E-state index in [2.05, 4.69) is 13.8 Å². The fraction of sp³-hybridized carbons (Fsp3) is 0.533. The number of nitrogens with zero attached hydrogens (tertiary/aromatic N) is 1. The predicted octanol–water partition coefficient (Wildman–Crippen LogP) is 2.96. The lowest BCUT2D eigenvalue weighted by Gasteiger charge is -2.36. The van der Waals surface area contributed by atoms with Gasteiger partial charge in [0.2, 0.25) is 0 Å². The standard InChI is InChI=1S/C15H21NO2/c1-10-4-5-14(17)13(9-10)15(18)16-7-6-11(2)8-12(16)3/h4-5,9,11-12,17H,6-8H2,1-3H3. The molecule has 0 aromatic heterocycles. The summed E-state index contributed by atoms with van der Waals surface area (Å²) in [5.74, 6) is 0.710. The van der Waals surface area contributed by atoms with Gasteiger partial charge in [-0.2, -0.15) is 0 Å². The van der Waals surface area contributed by atoms with E-state index in [-0.39, 0.29) is 17.7 Å². The van der Waals surface area contributed by atoms with E-state index in [1.165, 1.54) is 0 Å². The molecular weight excluding hydrogens is 226 g/mol. The normalized spacial score (nSPS) is 24.1. The van der Waals surface area contributed by atoms with Crippen molar-refractivity contribution in [2.75, 3.05) is 6.54 Å². The fourth-order valence-corrected chi connectivity index (χ4v) is 2.68. The Morgan fingerprint density at radius 1 is 1.39 bits per heavy atom. The van der Waals surface area contributed by atoms with Crippen LogP contribution in [0.4, 0.5) is 0 Å². The van der Waals surface area contributed by atoms with E-state index in [0.29, 0.717) is 11.5 Å². The first kappa shape index (κ1) is 12.9. The lowest BCUT2D eigenvalue weighted by Crippen LogP contribution is -2.44. The van der Waals surface area contributed by atoms with E-state index in [0.717, 1.165) is 24.9 Å². The summed E-state index contributed by atoms with van der Waals surface area (Å²) in [5.41, 5.74) is 1.42. The number of amides is 1. The Kier molecular flexibility index (Phi) is 3.60. The third-order valence-electron chi connectivity index (χ3n) is 3.78. The van der Waals surface area contributed by atoms with Gasteiger partial charge in [-0.05, 0) is 44.7 Å². The first-order chi connectivity index (χ1) is 8.49. The van der Waals surface area contributed by atoms with Gasteiger partial charge in [-0.3, -0.25) is 4.79 Å². The van der Waals surface area contributed by atoms with E-state index in [1.54, 1.807) is 12.1 Å². The number of rotatable bonds is 1. The molecule has 2 atom stereocenters. The highest BCUT2D eigenvalue weighted by Gasteiger charge is 2.28. The second-order valence-electron chi connectivity index (χ2n) is 5.50. The van der Waals surface area contributed by atoms with Gasteiger partial charge in [-0.15, -0.1) is 0 Å². The van der Waals surface area contributed by atoms with Crippen molar-refractivity contribution in [3.05, 3.63) is 29.3 Å². The number of aromatic hydroxyl groups is 1. The minimum absolute atomic E-state index is 0.0457. The predicted molar refractivity (Wildman–Crippen MR) is 71.7 cm³/mol. The van der Waals surface area contributed by atoms with Crippen molar-refractivity contribution >= 4 is 5.91 Å². The van der Waals surface area contributed by atoms with Crippen LogP contribution in [0.2, 0.25) is 0 Å². The highest BCUT2D eigenvalue weighted by atomic mass is 16.3. The molecule has 1 aliphatic heterocycles. The molecule has 1 fully saturated rings. The summed E-state index contributed by atoms with van der Waals surface area (Å²) in [6.07, 6.45) is 2.08. The Morgan fingerprint density at radius 2 is 2.11 bits per heavy atom. The maximum atomic E-state index is 12.5. The Morgan fingerprint density at radius 3 is 2.78 bits per heavy atom. The Bertz CT molecular complexity index is 456. The monoisotopic (exact) mass is 247 g/mol. The Labute approximate surface area is 108 Å². The smallest absolute Gasteiger partial charge is 0.257 e. The highest BCUT2D eigenvalue weighted by Crippen LogP contribution is 2.26. The second-order valence-corrected chi connectivity index (χ2v) is 5.50. The van der Waals surface area contributed by atoms with Crippen LogP contribution in [0.15, 0.2) is 18.2 Å². The van der Waals surface area contributed by atoms with E-state index in [1.807, 2.05) is 17.9 Å². The molecule has 1 heterocycles. The number of carbonyl (C=O) groups is 1. The fourth-order valence-electron chi connectivity index (χ4n) is 2.68. The van der Waals surface area contributed by atoms with Crippen LogP contribution in [-0.4, -0.2) is 28.5 Å². The topological polar surface area (TPSA) is 40.5 Å². The maximum Gasteiger partial charge on any atom is 0.257 e. The molecule has 1 aliphatic rings. The molecule has 1 aromatic carbocycles. The molecule has 0 aliphatic carbocycles. The zero-order chi connectivity index (χ0) is 13.3. The van der Waals surface area contributed by atoms with Crippen LogP contribution in [0.1, 0.15) is 42.6 Å². The molecule has 1 aromatic rings. The van der Waals surface area contributed by atoms with Gasteiger partial charge >= 0.3 is 0 Å². The van der Waals surface area contributed by atoms with Crippen LogP contribution in [0.5, 0.6) is 5.75 Å². The summed E-state index contributed by atoms with van der Waals surface area (Å²) in [6, 6.07) is 5.43. The van der Waals surface area contributed by atoms with Crippen molar-refractivity contribution in [3.63, 3.8) is 0 Å². The molecule has 0 saturated carbocycles. The van der Waals surface area contributed by atoms with Crippen molar-refractivity contribution in [3.8, 4) is 5.75 Å². The number of aryl methyl sites for hydroxylation is 1. The molecule has 1 N–H and O–H groups in total. The van der Waals surface area contributed by atoms with Crippen LogP contribution in [0.25, 0.3) is 0 Å². The van der Waals surface area contributed by atoms with E-state index in [4.69, 9.17) is 0 Å². The van der Waals surface area contributed by atoms with Crippen molar-refractivity contribution < 1.29 is 9.90 Å². The third kappa shape index (κ3) is 2.50. The minimum Gasteiger partial charge on any atom is -0.507 e. The zero-order valence-corrected chi connectivity index (χ0v) is 11.3. The highest BCUT2D eigenvalue weighted by molar-refractivity contribution is 5.97. The van der Waals surface area contributed by atoms with Crippen LogP contribution < -0.4 is 0 Å². The van der Waals surface area contributed by atoms with Crippen molar-refractivity contribution in [1.29, 1.82) is 0 Å². The maximum absolute atomic E-state index is 12.5. The SMILES string of the molecule is Cc1ccc(O)c(C(=O)N2CCC(C)CC2C)c1. The summed E-state index contributed by atoms with van der Waals surface area (Å²) in [4.78, 5) is 14.3. The number of hydrogen-bond donors (Lipinski definition) is 1. The average Bonchev–Trinajstić information content (AvgIpc) is 2.31. The molecular formula is C15H21NO2.